The Morgan fingerprint density at radius 1 is 1.19 bits per heavy atom. The Labute approximate surface area is 188 Å². The molecule has 0 spiro atoms. The molecule has 1 aliphatic rings. The number of ether oxygens (including phenoxy) is 1. The number of urea groups is 1. The van der Waals surface area contributed by atoms with Crippen LogP contribution in [0.3, 0.4) is 0 Å². The molecule has 0 aliphatic carbocycles. The first-order valence-corrected chi connectivity index (χ1v) is 11.9. The molecule has 12 heteroatoms. The van der Waals surface area contributed by atoms with Gasteiger partial charge in [-0.1, -0.05) is 18.2 Å². The molecule has 1 heterocycles. The molecule has 0 saturated carbocycles. The van der Waals surface area contributed by atoms with Gasteiger partial charge in [-0.15, -0.1) is 0 Å². The Morgan fingerprint density at radius 2 is 1.91 bits per heavy atom. The van der Waals surface area contributed by atoms with Gasteiger partial charge in [0.15, 0.2) is 0 Å². The molecule has 178 valence electrons. The van der Waals surface area contributed by atoms with E-state index >= 15 is 0 Å². The largest absolute Gasteiger partial charge is 0.467 e. The van der Waals surface area contributed by atoms with Gasteiger partial charge in [-0.25, -0.2) is 18.0 Å². The van der Waals surface area contributed by atoms with E-state index in [2.05, 4.69) is 16.0 Å². The van der Waals surface area contributed by atoms with Crippen LogP contribution < -0.4 is 21.7 Å². The van der Waals surface area contributed by atoms with Crippen molar-refractivity contribution < 1.29 is 27.5 Å². The first kappa shape index (κ1) is 25.6. The monoisotopic (exact) mass is 469 g/mol. The quantitative estimate of drug-likeness (QED) is 0.252. The highest BCUT2D eigenvalue weighted by Gasteiger charge is 2.40. The van der Waals surface area contributed by atoms with Crippen LogP contribution in [0.4, 0.5) is 4.79 Å². The van der Waals surface area contributed by atoms with Crippen LogP contribution >= 0.6 is 0 Å². The van der Waals surface area contributed by atoms with Gasteiger partial charge in [0.1, 0.15) is 12.1 Å². The Hall–Kier alpha value is -2.70. The standard InChI is InChI=1S/C20H31N5O6S/c1-31-19(27)16(14-23-20(28)22-12-6-5-11-21)24-18(26)17-10-7-13-25(17)32(29,30)15-8-3-2-4-9-15/h2-4,8-9,16-17H,5-7,10-14,21H2,1H3,(H,24,26)(H2,22,23,28)/t16-,17-/m0/s1. The van der Waals surface area contributed by atoms with Crippen LogP contribution in [-0.4, -0.2) is 76.0 Å². The average molecular weight is 470 g/mol. The van der Waals surface area contributed by atoms with Gasteiger partial charge in [0.2, 0.25) is 15.9 Å². The first-order chi connectivity index (χ1) is 15.3. The number of sulfonamides is 1. The second-order valence-electron chi connectivity index (χ2n) is 7.30. The van der Waals surface area contributed by atoms with E-state index in [0.717, 1.165) is 17.8 Å². The topological polar surface area (TPSA) is 160 Å². The fourth-order valence-electron chi connectivity index (χ4n) is 3.35. The smallest absolute Gasteiger partial charge is 0.330 e. The molecule has 2 atom stereocenters. The second kappa shape index (κ2) is 12.4. The van der Waals surface area contributed by atoms with Gasteiger partial charge in [0.05, 0.1) is 18.6 Å². The van der Waals surface area contributed by atoms with E-state index in [1.54, 1.807) is 18.2 Å². The number of unbranched alkanes of at least 4 members (excludes halogenated alkanes) is 1. The lowest BCUT2D eigenvalue weighted by Gasteiger charge is -2.25. The SMILES string of the molecule is COC(=O)[C@H](CNC(=O)NCCCCN)NC(=O)[C@@H]1CCCN1S(=O)(=O)c1ccccc1. The van der Waals surface area contributed by atoms with E-state index in [1.807, 2.05) is 0 Å². The van der Waals surface area contributed by atoms with Gasteiger partial charge in [-0.05, 0) is 44.4 Å². The number of nitrogens with two attached hydrogens (primary N) is 1. The molecule has 1 aromatic rings. The van der Waals surface area contributed by atoms with E-state index < -0.39 is 40.0 Å². The molecule has 11 nitrogen and oxygen atoms in total. The van der Waals surface area contributed by atoms with Gasteiger partial charge in [0.25, 0.3) is 0 Å². The van der Waals surface area contributed by atoms with Gasteiger partial charge in [0, 0.05) is 13.1 Å². The van der Waals surface area contributed by atoms with Crippen LogP contribution in [0.5, 0.6) is 0 Å². The third-order valence-electron chi connectivity index (χ3n) is 5.04. The maximum absolute atomic E-state index is 13.0. The van der Waals surface area contributed by atoms with Gasteiger partial charge in [-0.3, -0.25) is 4.79 Å². The Kier molecular flexibility index (Phi) is 9.88. The number of amides is 3. The van der Waals surface area contributed by atoms with E-state index in [0.29, 0.717) is 32.4 Å². The summed E-state index contributed by atoms with van der Waals surface area (Å²) in [4.78, 5) is 37.0. The molecule has 0 bridgehead atoms. The number of hydrogen-bond acceptors (Lipinski definition) is 7. The maximum atomic E-state index is 13.0. The summed E-state index contributed by atoms with van der Waals surface area (Å²) in [5.41, 5.74) is 5.40. The van der Waals surface area contributed by atoms with Crippen molar-refractivity contribution in [2.24, 2.45) is 5.73 Å². The molecule has 1 aliphatic heterocycles. The second-order valence-corrected chi connectivity index (χ2v) is 9.19. The summed E-state index contributed by atoms with van der Waals surface area (Å²) in [7, 11) is -2.70. The third-order valence-corrected chi connectivity index (χ3v) is 6.96. The van der Waals surface area contributed by atoms with Crippen LogP contribution in [0.15, 0.2) is 35.2 Å². The van der Waals surface area contributed by atoms with Crippen molar-refractivity contribution in [1.82, 2.24) is 20.3 Å². The van der Waals surface area contributed by atoms with E-state index in [-0.39, 0.29) is 18.0 Å². The number of nitrogens with zero attached hydrogens (tertiary/aromatic N) is 1. The van der Waals surface area contributed by atoms with Gasteiger partial charge in [-0.2, -0.15) is 4.31 Å². The van der Waals surface area contributed by atoms with Crippen molar-refractivity contribution >= 4 is 27.9 Å². The minimum atomic E-state index is -3.87. The molecule has 1 fully saturated rings. The van der Waals surface area contributed by atoms with Crippen molar-refractivity contribution in [3.63, 3.8) is 0 Å². The van der Waals surface area contributed by atoms with Crippen molar-refractivity contribution in [2.45, 2.75) is 42.7 Å². The fraction of sp³-hybridized carbons (Fsp3) is 0.550. The Morgan fingerprint density at radius 3 is 2.56 bits per heavy atom. The molecule has 0 aromatic heterocycles. The van der Waals surface area contributed by atoms with Crippen LogP contribution in [-0.2, 0) is 24.3 Å². The number of carbonyl (C=O) groups excluding carboxylic acids is 3. The Balaban J connectivity index is 2.01. The normalized spacial score (nSPS) is 17.4. The molecule has 0 radical (unpaired) electrons. The van der Waals surface area contributed by atoms with Crippen LogP contribution in [0.2, 0.25) is 0 Å². The third kappa shape index (κ3) is 6.90. The number of carbonyl (C=O) groups is 3. The number of benzene rings is 1. The van der Waals surface area contributed by atoms with Crippen molar-refractivity contribution in [3.05, 3.63) is 30.3 Å². The summed E-state index contributed by atoms with van der Waals surface area (Å²) in [6.07, 6.45) is 2.32. The molecule has 5 N–H and O–H groups in total. The highest BCUT2D eigenvalue weighted by Crippen LogP contribution is 2.26. The van der Waals surface area contributed by atoms with Gasteiger partial charge < -0.3 is 26.4 Å². The first-order valence-electron chi connectivity index (χ1n) is 10.5. The van der Waals surface area contributed by atoms with Gasteiger partial charge >= 0.3 is 12.0 Å². The summed E-state index contributed by atoms with van der Waals surface area (Å²) in [5.74, 6) is -1.38. The summed E-state index contributed by atoms with van der Waals surface area (Å²) in [6, 6.07) is 5.23. The highest BCUT2D eigenvalue weighted by atomic mass is 32.2. The number of rotatable bonds is 11. The van der Waals surface area contributed by atoms with Crippen LogP contribution in [0, 0.1) is 0 Å². The predicted octanol–water partition coefficient (Wildman–Crippen LogP) is -0.464. The summed E-state index contributed by atoms with van der Waals surface area (Å²) >= 11 is 0. The fourth-order valence-corrected chi connectivity index (χ4v) is 5.03. The average Bonchev–Trinajstić information content (AvgIpc) is 3.30. The van der Waals surface area contributed by atoms with Crippen molar-refractivity contribution in [2.75, 3.05) is 33.3 Å². The van der Waals surface area contributed by atoms with Crippen LogP contribution in [0.1, 0.15) is 25.7 Å². The molecule has 2 rings (SSSR count). The van der Waals surface area contributed by atoms with Crippen LogP contribution in [0.25, 0.3) is 0 Å². The number of nitrogens with one attached hydrogen (secondary N) is 3. The molecular formula is C20H31N5O6S. The summed E-state index contributed by atoms with van der Waals surface area (Å²) < 4.78 is 31.8. The van der Waals surface area contributed by atoms with Crippen molar-refractivity contribution in [3.8, 4) is 0 Å². The van der Waals surface area contributed by atoms with E-state index in [9.17, 15) is 22.8 Å². The number of esters is 1. The lowest BCUT2D eigenvalue weighted by Crippen LogP contribution is -2.55. The van der Waals surface area contributed by atoms with E-state index in [1.165, 1.54) is 12.1 Å². The summed E-state index contributed by atoms with van der Waals surface area (Å²) in [5, 5.41) is 7.65. The summed E-state index contributed by atoms with van der Waals surface area (Å²) in [6.45, 7) is 0.936. The number of methoxy groups -OCH3 is 1. The lowest BCUT2D eigenvalue weighted by molar-refractivity contribution is -0.145. The highest BCUT2D eigenvalue weighted by molar-refractivity contribution is 7.89. The van der Waals surface area contributed by atoms with E-state index in [4.69, 9.17) is 10.5 Å². The zero-order valence-electron chi connectivity index (χ0n) is 18.1. The minimum absolute atomic E-state index is 0.0946. The molecule has 1 saturated heterocycles. The zero-order chi connectivity index (χ0) is 23.6. The molecule has 1 aromatic carbocycles. The predicted molar refractivity (Wildman–Crippen MR) is 117 cm³/mol. The zero-order valence-corrected chi connectivity index (χ0v) is 18.9. The molecular weight excluding hydrogens is 438 g/mol. The number of hydrogen-bond donors (Lipinski definition) is 4. The van der Waals surface area contributed by atoms with Crippen molar-refractivity contribution in [1.29, 1.82) is 0 Å². The molecule has 0 unspecified atom stereocenters. The maximum Gasteiger partial charge on any atom is 0.330 e. The Bertz CT molecular complexity index is 880. The lowest BCUT2D eigenvalue weighted by atomic mass is 10.2. The minimum Gasteiger partial charge on any atom is -0.467 e. The molecule has 32 heavy (non-hydrogen) atoms. The molecule has 3 amide bonds.